The molecule has 0 fully saturated rings. The maximum atomic E-state index is 12.4. The third-order valence-corrected chi connectivity index (χ3v) is 3.23. The van der Waals surface area contributed by atoms with Crippen molar-refractivity contribution in [2.75, 3.05) is 30.3 Å². The minimum absolute atomic E-state index is 0.0716. The number of aliphatic hydroxyl groups is 1. The summed E-state index contributed by atoms with van der Waals surface area (Å²) in [6.45, 7) is -1.07. The van der Waals surface area contributed by atoms with E-state index in [1.807, 2.05) is 0 Å². The fraction of sp³-hybridized carbons (Fsp3) is 0.400. The van der Waals surface area contributed by atoms with E-state index >= 15 is 0 Å². The van der Waals surface area contributed by atoms with Crippen LogP contribution in [0.3, 0.4) is 0 Å². The van der Waals surface area contributed by atoms with Crippen LogP contribution in [0.2, 0.25) is 0 Å². The lowest BCUT2D eigenvalue weighted by molar-refractivity contribution is 0.153. The zero-order chi connectivity index (χ0) is 14.6. The van der Waals surface area contributed by atoms with Gasteiger partial charge in [-0.05, 0) is 18.2 Å². The van der Waals surface area contributed by atoms with Crippen LogP contribution in [0.4, 0.5) is 20.2 Å². The molecule has 0 amide bonds. The normalized spacial score (nSPS) is 11.8. The molecule has 108 valence electrons. The third kappa shape index (κ3) is 4.62. The number of nitrogens with zero attached hydrogens (tertiary/aromatic N) is 1. The summed E-state index contributed by atoms with van der Waals surface area (Å²) in [7, 11) is -3.98. The maximum absolute atomic E-state index is 12.4. The van der Waals surface area contributed by atoms with Crippen LogP contribution in [-0.4, -0.2) is 39.6 Å². The Morgan fingerprint density at radius 2 is 1.95 bits per heavy atom. The summed E-state index contributed by atoms with van der Waals surface area (Å²) in [6, 6.07) is 3.62. The number of rotatable bonds is 6. The summed E-state index contributed by atoms with van der Waals surface area (Å²) >= 11 is 0. The molecular weight excluding hydrogens is 280 g/mol. The van der Waals surface area contributed by atoms with E-state index in [2.05, 4.69) is 0 Å². The van der Waals surface area contributed by atoms with Crippen LogP contribution in [0.1, 0.15) is 0 Å². The molecule has 1 aromatic carbocycles. The van der Waals surface area contributed by atoms with E-state index in [1.165, 1.54) is 6.07 Å². The van der Waals surface area contributed by atoms with E-state index < -0.39 is 23.0 Å². The standard InChI is InChI=1S/C10H15F2N3O3S/c11-10(12)6-15(1-2-16)8-3-7(13)4-9(5-8)19(14,17)18/h3-5,10,16H,1-2,6,13H2,(H2,14,17,18). The molecule has 1 aromatic rings. The predicted molar refractivity (Wildman–Crippen MR) is 67.5 cm³/mol. The lowest BCUT2D eigenvalue weighted by Crippen LogP contribution is -2.31. The summed E-state index contributed by atoms with van der Waals surface area (Å²) in [5.41, 5.74) is 5.77. The van der Waals surface area contributed by atoms with Crippen LogP contribution < -0.4 is 15.8 Å². The molecule has 0 aliphatic rings. The summed E-state index contributed by atoms with van der Waals surface area (Å²) < 4.78 is 47.4. The quantitative estimate of drug-likeness (QED) is 0.639. The summed E-state index contributed by atoms with van der Waals surface area (Å²) in [5, 5.41) is 13.8. The van der Waals surface area contributed by atoms with Crippen molar-refractivity contribution >= 4 is 21.4 Å². The summed E-state index contributed by atoms with van der Waals surface area (Å²) in [5.74, 6) is 0. The van der Waals surface area contributed by atoms with Gasteiger partial charge in [0.2, 0.25) is 10.0 Å². The number of nitrogens with two attached hydrogens (primary N) is 2. The number of benzene rings is 1. The first-order valence-corrected chi connectivity index (χ1v) is 6.86. The van der Waals surface area contributed by atoms with E-state index in [1.54, 1.807) is 0 Å². The van der Waals surface area contributed by atoms with E-state index in [0.717, 1.165) is 17.0 Å². The van der Waals surface area contributed by atoms with Gasteiger partial charge in [0, 0.05) is 17.9 Å². The molecule has 0 saturated carbocycles. The third-order valence-electron chi connectivity index (χ3n) is 2.34. The SMILES string of the molecule is Nc1cc(N(CCO)CC(F)F)cc(S(N)(=O)=O)c1. The second-order valence-electron chi connectivity index (χ2n) is 3.87. The Morgan fingerprint density at radius 3 is 2.42 bits per heavy atom. The van der Waals surface area contributed by atoms with Crippen LogP contribution in [0, 0.1) is 0 Å². The van der Waals surface area contributed by atoms with Crippen molar-refractivity contribution < 1.29 is 22.3 Å². The molecule has 9 heteroatoms. The van der Waals surface area contributed by atoms with Gasteiger partial charge in [-0.15, -0.1) is 0 Å². The van der Waals surface area contributed by atoms with Crippen molar-refractivity contribution in [2.45, 2.75) is 11.3 Å². The van der Waals surface area contributed by atoms with Gasteiger partial charge in [-0.2, -0.15) is 0 Å². The monoisotopic (exact) mass is 295 g/mol. The largest absolute Gasteiger partial charge is 0.399 e. The Hall–Kier alpha value is -1.45. The van der Waals surface area contributed by atoms with Crippen LogP contribution in [0.25, 0.3) is 0 Å². The number of hydrogen-bond donors (Lipinski definition) is 3. The van der Waals surface area contributed by atoms with Crippen molar-refractivity contribution in [1.82, 2.24) is 0 Å². The fourth-order valence-electron chi connectivity index (χ4n) is 1.57. The van der Waals surface area contributed by atoms with E-state index in [4.69, 9.17) is 16.0 Å². The first kappa shape index (κ1) is 15.6. The molecule has 0 spiro atoms. The molecule has 1 rings (SSSR count). The number of hydrogen-bond acceptors (Lipinski definition) is 5. The predicted octanol–water partition coefficient (Wildman–Crippen LogP) is -0.0200. The van der Waals surface area contributed by atoms with Gasteiger partial charge < -0.3 is 15.7 Å². The minimum atomic E-state index is -3.98. The highest BCUT2D eigenvalue weighted by atomic mass is 32.2. The van der Waals surface area contributed by atoms with Gasteiger partial charge in [0.25, 0.3) is 6.43 Å². The van der Waals surface area contributed by atoms with Crippen molar-refractivity contribution in [3.63, 3.8) is 0 Å². The number of aliphatic hydroxyl groups excluding tert-OH is 1. The Kier molecular flexibility index (Phi) is 5.04. The zero-order valence-electron chi connectivity index (χ0n) is 9.96. The van der Waals surface area contributed by atoms with E-state index in [-0.39, 0.29) is 29.4 Å². The van der Waals surface area contributed by atoms with Crippen molar-refractivity contribution in [3.8, 4) is 0 Å². The Labute approximate surface area is 109 Å². The number of primary sulfonamides is 1. The van der Waals surface area contributed by atoms with E-state index in [0.29, 0.717) is 0 Å². The first-order valence-electron chi connectivity index (χ1n) is 5.31. The average molecular weight is 295 g/mol. The van der Waals surface area contributed by atoms with Crippen molar-refractivity contribution in [3.05, 3.63) is 18.2 Å². The number of alkyl halides is 2. The number of sulfonamides is 1. The van der Waals surface area contributed by atoms with Gasteiger partial charge in [0.1, 0.15) is 0 Å². The first-order chi connectivity index (χ1) is 8.74. The topological polar surface area (TPSA) is 110 Å². The Morgan fingerprint density at radius 1 is 1.32 bits per heavy atom. The van der Waals surface area contributed by atoms with Crippen molar-refractivity contribution in [2.24, 2.45) is 5.14 Å². The molecule has 0 bridgehead atoms. The van der Waals surface area contributed by atoms with Crippen molar-refractivity contribution in [1.29, 1.82) is 0 Å². The molecule has 0 aromatic heterocycles. The molecule has 0 saturated heterocycles. The Balaban J connectivity index is 3.19. The summed E-state index contributed by atoms with van der Waals surface area (Å²) in [6.07, 6.45) is -2.63. The highest BCUT2D eigenvalue weighted by Gasteiger charge is 2.16. The fourth-order valence-corrected chi connectivity index (χ4v) is 2.15. The highest BCUT2D eigenvalue weighted by molar-refractivity contribution is 7.89. The lowest BCUT2D eigenvalue weighted by atomic mass is 10.2. The molecule has 5 N–H and O–H groups in total. The second-order valence-corrected chi connectivity index (χ2v) is 5.43. The molecular formula is C10H15F2N3O3S. The average Bonchev–Trinajstić information content (AvgIpc) is 2.26. The van der Waals surface area contributed by atoms with Crippen LogP contribution >= 0.6 is 0 Å². The number of halogens is 2. The maximum Gasteiger partial charge on any atom is 0.255 e. The molecule has 0 radical (unpaired) electrons. The zero-order valence-corrected chi connectivity index (χ0v) is 10.8. The second kappa shape index (κ2) is 6.13. The van der Waals surface area contributed by atoms with Gasteiger partial charge in [0.05, 0.1) is 18.0 Å². The van der Waals surface area contributed by atoms with Crippen LogP contribution in [0.5, 0.6) is 0 Å². The summed E-state index contributed by atoms with van der Waals surface area (Å²) in [4.78, 5) is 0.870. The van der Waals surface area contributed by atoms with Crippen LogP contribution in [-0.2, 0) is 10.0 Å². The van der Waals surface area contributed by atoms with Crippen LogP contribution in [0.15, 0.2) is 23.1 Å². The molecule has 0 heterocycles. The molecule has 0 aliphatic carbocycles. The minimum Gasteiger partial charge on any atom is -0.399 e. The smallest absolute Gasteiger partial charge is 0.255 e. The van der Waals surface area contributed by atoms with Gasteiger partial charge in [-0.1, -0.05) is 0 Å². The molecule has 0 atom stereocenters. The van der Waals surface area contributed by atoms with Gasteiger partial charge in [-0.25, -0.2) is 22.3 Å². The Bertz CT molecular complexity index is 537. The van der Waals surface area contributed by atoms with Gasteiger partial charge >= 0.3 is 0 Å². The van der Waals surface area contributed by atoms with Gasteiger partial charge in [-0.3, -0.25) is 0 Å². The number of anilines is 2. The molecule has 6 nitrogen and oxygen atoms in total. The molecule has 0 aliphatic heterocycles. The van der Waals surface area contributed by atoms with Gasteiger partial charge in [0.15, 0.2) is 0 Å². The number of nitrogen functional groups attached to an aromatic ring is 1. The highest BCUT2D eigenvalue weighted by Crippen LogP contribution is 2.23. The molecule has 0 unspecified atom stereocenters. The lowest BCUT2D eigenvalue weighted by Gasteiger charge is -2.24. The van der Waals surface area contributed by atoms with E-state index in [9.17, 15) is 17.2 Å². The molecule has 19 heavy (non-hydrogen) atoms.